The maximum absolute atomic E-state index is 12.9. The van der Waals surface area contributed by atoms with Gasteiger partial charge in [-0.3, -0.25) is 4.72 Å². The zero-order valence-corrected chi connectivity index (χ0v) is 14.3. The van der Waals surface area contributed by atoms with Crippen LogP contribution in [0.4, 0.5) is 5.69 Å². The average Bonchev–Trinajstić information content (AvgIpc) is 2.86. The standard InChI is InChI=1S/C19H17NO4S/c21-25(22,19-8-3-6-14-5-1-2-7-16(14)19)20-15-9-10-17-18(13-15)24-12-4-11-23-17/h1-3,5-10,13,20H,4,11-12H2. The molecule has 0 aliphatic carbocycles. The van der Waals surface area contributed by atoms with Crippen molar-refractivity contribution in [3.8, 4) is 11.5 Å². The van der Waals surface area contributed by atoms with E-state index in [1.54, 1.807) is 36.4 Å². The molecule has 0 saturated carbocycles. The lowest BCUT2D eigenvalue weighted by atomic mass is 10.1. The topological polar surface area (TPSA) is 64.6 Å². The van der Waals surface area contributed by atoms with Crippen LogP contribution in [0.2, 0.25) is 0 Å². The fraction of sp³-hybridized carbons (Fsp3) is 0.158. The first kappa shape index (κ1) is 15.8. The molecule has 1 aliphatic heterocycles. The van der Waals surface area contributed by atoms with Crippen molar-refractivity contribution in [2.24, 2.45) is 0 Å². The summed E-state index contributed by atoms with van der Waals surface area (Å²) in [5, 5.41) is 1.57. The maximum atomic E-state index is 12.9. The number of fused-ring (bicyclic) bond motifs is 2. The summed E-state index contributed by atoms with van der Waals surface area (Å²) in [4.78, 5) is 0.248. The van der Waals surface area contributed by atoms with Crippen LogP contribution in [0.5, 0.6) is 11.5 Å². The average molecular weight is 355 g/mol. The van der Waals surface area contributed by atoms with Gasteiger partial charge in [-0.1, -0.05) is 36.4 Å². The van der Waals surface area contributed by atoms with Gasteiger partial charge in [0, 0.05) is 17.9 Å². The molecular weight excluding hydrogens is 338 g/mol. The van der Waals surface area contributed by atoms with E-state index in [9.17, 15) is 8.42 Å². The summed E-state index contributed by atoms with van der Waals surface area (Å²) in [5.74, 6) is 1.18. The number of nitrogens with one attached hydrogen (secondary N) is 1. The molecule has 3 aromatic carbocycles. The summed E-state index contributed by atoms with van der Waals surface area (Å²) in [6.45, 7) is 1.14. The molecule has 0 saturated heterocycles. The molecule has 3 aromatic rings. The fourth-order valence-electron chi connectivity index (χ4n) is 2.87. The zero-order chi connectivity index (χ0) is 17.3. The molecule has 0 fully saturated rings. The van der Waals surface area contributed by atoms with Crippen LogP contribution in [0.1, 0.15) is 6.42 Å². The van der Waals surface area contributed by atoms with Crippen LogP contribution >= 0.6 is 0 Å². The van der Waals surface area contributed by atoms with E-state index < -0.39 is 10.0 Å². The Balaban J connectivity index is 1.71. The van der Waals surface area contributed by atoms with E-state index in [1.807, 2.05) is 24.3 Å². The van der Waals surface area contributed by atoms with Gasteiger partial charge in [-0.25, -0.2) is 8.42 Å². The minimum absolute atomic E-state index is 0.248. The minimum atomic E-state index is -3.72. The molecule has 0 amide bonds. The molecule has 5 nitrogen and oxygen atoms in total. The lowest BCUT2D eigenvalue weighted by Gasteiger charge is -2.13. The molecule has 1 aliphatic rings. The number of anilines is 1. The Morgan fingerprint density at radius 3 is 2.48 bits per heavy atom. The first-order valence-corrected chi connectivity index (χ1v) is 9.52. The molecule has 6 heteroatoms. The van der Waals surface area contributed by atoms with Crippen molar-refractivity contribution in [1.82, 2.24) is 0 Å². The highest BCUT2D eigenvalue weighted by Gasteiger charge is 2.19. The van der Waals surface area contributed by atoms with Crippen LogP contribution in [-0.4, -0.2) is 21.6 Å². The molecule has 4 rings (SSSR count). The monoisotopic (exact) mass is 355 g/mol. The first-order chi connectivity index (χ1) is 12.1. The lowest BCUT2D eigenvalue weighted by molar-refractivity contribution is 0.297. The third-order valence-corrected chi connectivity index (χ3v) is 5.48. The number of sulfonamides is 1. The van der Waals surface area contributed by atoms with Crippen LogP contribution in [0.25, 0.3) is 10.8 Å². The predicted molar refractivity (Wildman–Crippen MR) is 96.8 cm³/mol. The van der Waals surface area contributed by atoms with E-state index >= 15 is 0 Å². The van der Waals surface area contributed by atoms with Crippen molar-refractivity contribution < 1.29 is 17.9 Å². The molecule has 0 aromatic heterocycles. The van der Waals surface area contributed by atoms with Crippen molar-refractivity contribution in [2.75, 3.05) is 17.9 Å². The Morgan fingerprint density at radius 1 is 0.840 bits per heavy atom. The van der Waals surface area contributed by atoms with E-state index in [1.165, 1.54) is 0 Å². The molecule has 1 N–H and O–H groups in total. The van der Waals surface area contributed by atoms with Crippen molar-refractivity contribution >= 4 is 26.5 Å². The minimum Gasteiger partial charge on any atom is -0.490 e. The number of hydrogen-bond donors (Lipinski definition) is 1. The quantitative estimate of drug-likeness (QED) is 0.776. The van der Waals surface area contributed by atoms with Gasteiger partial charge in [-0.15, -0.1) is 0 Å². The first-order valence-electron chi connectivity index (χ1n) is 8.04. The second-order valence-electron chi connectivity index (χ2n) is 5.79. The van der Waals surface area contributed by atoms with E-state index in [-0.39, 0.29) is 4.90 Å². The van der Waals surface area contributed by atoms with Crippen molar-refractivity contribution in [3.63, 3.8) is 0 Å². The van der Waals surface area contributed by atoms with Crippen LogP contribution < -0.4 is 14.2 Å². The summed E-state index contributed by atoms with van der Waals surface area (Å²) >= 11 is 0. The Morgan fingerprint density at radius 2 is 1.60 bits per heavy atom. The Kier molecular flexibility index (Phi) is 3.97. The van der Waals surface area contributed by atoms with Crippen molar-refractivity contribution in [1.29, 1.82) is 0 Å². The molecular formula is C19H17NO4S. The highest BCUT2D eigenvalue weighted by atomic mass is 32.2. The van der Waals surface area contributed by atoms with Gasteiger partial charge in [0.15, 0.2) is 11.5 Å². The number of benzene rings is 3. The SMILES string of the molecule is O=S(=O)(Nc1ccc2c(c1)OCCCO2)c1cccc2ccccc12. The Labute approximate surface area is 146 Å². The lowest BCUT2D eigenvalue weighted by Crippen LogP contribution is -2.13. The van der Waals surface area contributed by atoms with Gasteiger partial charge >= 0.3 is 0 Å². The summed E-state index contributed by atoms with van der Waals surface area (Å²) in [5.41, 5.74) is 0.442. The summed E-state index contributed by atoms with van der Waals surface area (Å²) in [7, 11) is -3.72. The van der Waals surface area contributed by atoms with E-state index in [0.29, 0.717) is 35.8 Å². The molecule has 0 bridgehead atoms. The van der Waals surface area contributed by atoms with E-state index in [4.69, 9.17) is 9.47 Å². The van der Waals surface area contributed by atoms with Gasteiger partial charge in [0.2, 0.25) is 0 Å². The third-order valence-electron chi connectivity index (χ3n) is 4.04. The molecule has 0 spiro atoms. The predicted octanol–water partition coefficient (Wildman–Crippen LogP) is 3.80. The Hall–Kier alpha value is -2.73. The smallest absolute Gasteiger partial charge is 0.262 e. The maximum Gasteiger partial charge on any atom is 0.262 e. The summed E-state index contributed by atoms with van der Waals surface area (Å²) < 4.78 is 39.6. The van der Waals surface area contributed by atoms with Gasteiger partial charge in [0.1, 0.15) is 0 Å². The molecule has 25 heavy (non-hydrogen) atoms. The number of ether oxygens (including phenoxy) is 2. The van der Waals surface area contributed by atoms with Crippen LogP contribution in [0.3, 0.4) is 0 Å². The summed E-state index contributed by atoms with van der Waals surface area (Å²) in [6, 6.07) is 17.7. The second kappa shape index (κ2) is 6.29. The molecule has 0 atom stereocenters. The molecule has 0 radical (unpaired) electrons. The normalized spacial score (nSPS) is 14.1. The van der Waals surface area contributed by atoms with Crippen LogP contribution in [0.15, 0.2) is 65.6 Å². The summed E-state index contributed by atoms with van der Waals surface area (Å²) in [6.07, 6.45) is 0.797. The highest BCUT2D eigenvalue weighted by molar-refractivity contribution is 7.93. The van der Waals surface area contributed by atoms with Gasteiger partial charge in [-0.2, -0.15) is 0 Å². The van der Waals surface area contributed by atoms with Crippen LogP contribution in [0, 0.1) is 0 Å². The van der Waals surface area contributed by atoms with Gasteiger partial charge in [-0.05, 0) is 23.6 Å². The second-order valence-corrected chi connectivity index (χ2v) is 7.45. The Bertz CT molecular complexity index is 1030. The number of rotatable bonds is 3. The van der Waals surface area contributed by atoms with E-state index in [0.717, 1.165) is 11.8 Å². The van der Waals surface area contributed by atoms with E-state index in [2.05, 4.69) is 4.72 Å². The largest absolute Gasteiger partial charge is 0.490 e. The fourth-order valence-corrected chi connectivity index (χ4v) is 4.15. The van der Waals surface area contributed by atoms with Gasteiger partial charge in [0.05, 0.1) is 23.8 Å². The molecule has 128 valence electrons. The zero-order valence-electron chi connectivity index (χ0n) is 13.4. The molecule has 1 heterocycles. The molecule has 0 unspecified atom stereocenters. The van der Waals surface area contributed by atoms with Crippen molar-refractivity contribution in [3.05, 3.63) is 60.7 Å². The van der Waals surface area contributed by atoms with Gasteiger partial charge < -0.3 is 9.47 Å². The van der Waals surface area contributed by atoms with Crippen LogP contribution in [-0.2, 0) is 10.0 Å². The third kappa shape index (κ3) is 3.13. The highest BCUT2D eigenvalue weighted by Crippen LogP contribution is 2.33. The van der Waals surface area contributed by atoms with Gasteiger partial charge in [0.25, 0.3) is 10.0 Å². The van der Waals surface area contributed by atoms with Crippen molar-refractivity contribution in [2.45, 2.75) is 11.3 Å². The number of hydrogen-bond acceptors (Lipinski definition) is 4.